The lowest BCUT2D eigenvalue weighted by Crippen LogP contribution is -2.29. The van der Waals surface area contributed by atoms with Crippen molar-refractivity contribution in [3.63, 3.8) is 0 Å². The summed E-state index contributed by atoms with van der Waals surface area (Å²) in [7, 11) is 1.53. The summed E-state index contributed by atoms with van der Waals surface area (Å²) < 4.78 is 11.1. The molecule has 35 heavy (non-hydrogen) atoms. The number of amides is 1. The minimum Gasteiger partial charge on any atom is -0.507 e. The zero-order valence-corrected chi connectivity index (χ0v) is 19.8. The van der Waals surface area contributed by atoms with E-state index in [9.17, 15) is 14.7 Å². The van der Waals surface area contributed by atoms with Crippen LogP contribution < -0.4 is 14.4 Å². The first-order valence-corrected chi connectivity index (χ1v) is 11.6. The predicted octanol–water partition coefficient (Wildman–Crippen LogP) is 5.29. The van der Waals surface area contributed by atoms with Crippen LogP contribution in [0, 0.1) is 0 Å². The van der Waals surface area contributed by atoms with Crippen molar-refractivity contribution >= 4 is 23.1 Å². The number of aliphatic hydroxyl groups is 1. The normalized spacial score (nSPS) is 17.0. The van der Waals surface area contributed by atoms with E-state index in [4.69, 9.17) is 9.47 Å². The molecule has 1 amide bonds. The molecule has 7 heteroatoms. The molecule has 0 radical (unpaired) electrons. The molecule has 180 valence electrons. The smallest absolute Gasteiger partial charge is 0.300 e. The first kappa shape index (κ1) is 24.0. The molecule has 1 fully saturated rings. The van der Waals surface area contributed by atoms with E-state index in [-0.39, 0.29) is 11.3 Å². The molecule has 2 heterocycles. The minimum absolute atomic E-state index is 0.0145. The highest BCUT2D eigenvalue weighted by molar-refractivity contribution is 6.51. The van der Waals surface area contributed by atoms with E-state index in [0.717, 1.165) is 19.3 Å². The maximum Gasteiger partial charge on any atom is 0.300 e. The van der Waals surface area contributed by atoms with Gasteiger partial charge in [0.25, 0.3) is 11.7 Å². The maximum absolute atomic E-state index is 13.2. The Morgan fingerprint density at radius 2 is 1.74 bits per heavy atom. The molecule has 0 saturated carbocycles. The van der Waals surface area contributed by atoms with Crippen molar-refractivity contribution in [3.8, 4) is 11.5 Å². The van der Waals surface area contributed by atoms with Crippen LogP contribution >= 0.6 is 0 Å². The summed E-state index contributed by atoms with van der Waals surface area (Å²) in [5.74, 6) is -0.495. The Morgan fingerprint density at radius 1 is 1.00 bits per heavy atom. The van der Waals surface area contributed by atoms with E-state index in [0.29, 0.717) is 34.9 Å². The summed E-state index contributed by atoms with van der Waals surface area (Å²) in [6.45, 7) is 2.75. The third-order valence-electron chi connectivity index (χ3n) is 5.94. The van der Waals surface area contributed by atoms with Gasteiger partial charge in [0.05, 0.1) is 25.3 Å². The molecule has 2 aromatic carbocycles. The number of benzene rings is 2. The molecule has 1 aliphatic heterocycles. The van der Waals surface area contributed by atoms with E-state index in [1.54, 1.807) is 73.1 Å². The van der Waals surface area contributed by atoms with Gasteiger partial charge in [-0.05, 0) is 60.5 Å². The minimum atomic E-state index is -0.824. The van der Waals surface area contributed by atoms with Crippen molar-refractivity contribution in [2.45, 2.75) is 32.2 Å². The summed E-state index contributed by atoms with van der Waals surface area (Å²) in [5, 5.41) is 11.2. The Kier molecular flexibility index (Phi) is 7.45. The summed E-state index contributed by atoms with van der Waals surface area (Å²) >= 11 is 0. The molecule has 0 spiro atoms. The van der Waals surface area contributed by atoms with Crippen molar-refractivity contribution in [2.24, 2.45) is 0 Å². The van der Waals surface area contributed by atoms with Crippen LogP contribution in [0.3, 0.4) is 0 Å². The number of carbonyl (C=O) groups excluding carboxylic acids is 2. The lowest BCUT2D eigenvalue weighted by molar-refractivity contribution is -0.132. The van der Waals surface area contributed by atoms with Gasteiger partial charge in [-0.3, -0.25) is 19.5 Å². The average Bonchev–Trinajstić information content (AvgIpc) is 3.17. The van der Waals surface area contributed by atoms with Gasteiger partial charge in [0.15, 0.2) is 0 Å². The largest absolute Gasteiger partial charge is 0.507 e. The molecule has 3 aromatic rings. The van der Waals surface area contributed by atoms with Crippen LogP contribution in [0.15, 0.2) is 78.6 Å². The van der Waals surface area contributed by atoms with Crippen LogP contribution in [0.2, 0.25) is 0 Å². The van der Waals surface area contributed by atoms with Gasteiger partial charge in [0, 0.05) is 29.7 Å². The van der Waals surface area contributed by atoms with E-state index in [1.165, 1.54) is 12.0 Å². The summed E-state index contributed by atoms with van der Waals surface area (Å²) in [6, 6.07) is 16.4. The molecule has 4 rings (SSSR count). The molecule has 1 atom stereocenters. The molecular formula is C28H28N2O5. The second-order valence-electron chi connectivity index (χ2n) is 8.23. The molecule has 1 aromatic heterocycles. The highest BCUT2D eigenvalue weighted by atomic mass is 16.5. The number of pyridine rings is 1. The zero-order chi connectivity index (χ0) is 24.8. The topological polar surface area (TPSA) is 89.0 Å². The van der Waals surface area contributed by atoms with Crippen molar-refractivity contribution in [1.29, 1.82) is 0 Å². The number of aliphatic hydroxyl groups excluding tert-OH is 1. The van der Waals surface area contributed by atoms with E-state index >= 15 is 0 Å². The van der Waals surface area contributed by atoms with Crippen molar-refractivity contribution in [3.05, 3.63) is 89.8 Å². The number of methoxy groups -OCH3 is 1. The second kappa shape index (κ2) is 10.9. The van der Waals surface area contributed by atoms with Gasteiger partial charge >= 0.3 is 0 Å². The number of anilines is 1. The fourth-order valence-electron chi connectivity index (χ4n) is 4.13. The third-order valence-corrected chi connectivity index (χ3v) is 5.94. The molecule has 1 aliphatic rings. The molecule has 7 nitrogen and oxygen atoms in total. The molecule has 0 aliphatic carbocycles. The summed E-state index contributed by atoms with van der Waals surface area (Å²) in [5.41, 5.74) is 1.58. The van der Waals surface area contributed by atoms with Crippen LogP contribution in [0.25, 0.3) is 5.76 Å². The van der Waals surface area contributed by atoms with Gasteiger partial charge in [-0.1, -0.05) is 25.8 Å². The Labute approximate surface area is 204 Å². The van der Waals surface area contributed by atoms with E-state index < -0.39 is 17.7 Å². The van der Waals surface area contributed by atoms with Gasteiger partial charge in [-0.25, -0.2) is 0 Å². The maximum atomic E-state index is 13.2. The second-order valence-corrected chi connectivity index (χ2v) is 8.23. The van der Waals surface area contributed by atoms with Gasteiger partial charge in [0.2, 0.25) is 0 Å². The Morgan fingerprint density at radius 3 is 2.43 bits per heavy atom. The average molecular weight is 473 g/mol. The van der Waals surface area contributed by atoms with Crippen molar-refractivity contribution in [2.75, 3.05) is 18.6 Å². The van der Waals surface area contributed by atoms with Crippen LogP contribution in [0.1, 0.15) is 43.4 Å². The zero-order valence-electron chi connectivity index (χ0n) is 19.8. The molecule has 1 N–H and O–H groups in total. The first-order valence-electron chi connectivity index (χ1n) is 11.6. The van der Waals surface area contributed by atoms with E-state index in [2.05, 4.69) is 11.9 Å². The van der Waals surface area contributed by atoms with Crippen molar-refractivity contribution < 1.29 is 24.2 Å². The molecule has 0 bridgehead atoms. The van der Waals surface area contributed by atoms with Crippen LogP contribution in [0.5, 0.6) is 11.5 Å². The number of aromatic nitrogens is 1. The number of hydrogen-bond donors (Lipinski definition) is 1. The lowest BCUT2D eigenvalue weighted by Gasteiger charge is -2.25. The highest BCUT2D eigenvalue weighted by Crippen LogP contribution is 2.42. The highest BCUT2D eigenvalue weighted by Gasteiger charge is 2.47. The number of hydrogen-bond acceptors (Lipinski definition) is 6. The van der Waals surface area contributed by atoms with Crippen LogP contribution in [0.4, 0.5) is 5.69 Å². The van der Waals surface area contributed by atoms with Crippen LogP contribution in [-0.2, 0) is 9.59 Å². The fraction of sp³-hybridized carbons (Fsp3) is 0.250. The first-order chi connectivity index (χ1) is 17.0. The number of Topliss-reactive ketones (excluding diaryl/α,β-unsaturated/α-hetero) is 1. The monoisotopic (exact) mass is 472 g/mol. The lowest BCUT2D eigenvalue weighted by atomic mass is 9.95. The summed E-state index contributed by atoms with van der Waals surface area (Å²) in [4.78, 5) is 31.9. The SMILES string of the molecule is CCCCCOc1ccc(/C(O)=C2\C(=O)C(=O)N(c3cccc(OC)c3)C2c2ccncc2)cc1. The van der Waals surface area contributed by atoms with Gasteiger partial charge in [-0.15, -0.1) is 0 Å². The fourth-order valence-corrected chi connectivity index (χ4v) is 4.13. The van der Waals surface area contributed by atoms with Gasteiger partial charge in [0.1, 0.15) is 17.3 Å². The van der Waals surface area contributed by atoms with Gasteiger partial charge in [-0.2, -0.15) is 0 Å². The Balaban J connectivity index is 1.74. The number of unbranched alkanes of at least 4 members (excludes halogenated alkanes) is 2. The third kappa shape index (κ3) is 5.04. The van der Waals surface area contributed by atoms with Crippen molar-refractivity contribution in [1.82, 2.24) is 4.98 Å². The predicted molar refractivity (Wildman–Crippen MR) is 133 cm³/mol. The Bertz CT molecular complexity index is 1220. The molecular weight excluding hydrogens is 444 g/mol. The molecule has 1 saturated heterocycles. The van der Waals surface area contributed by atoms with Crippen LogP contribution in [-0.4, -0.2) is 35.5 Å². The standard InChI is InChI=1S/C28H28N2O5/c1-3-4-5-17-35-22-11-9-20(10-12-22)26(31)24-25(19-13-15-29-16-14-19)30(28(33)27(24)32)21-7-6-8-23(18-21)34-2/h6-16,18,25,31H,3-5,17H2,1-2H3/b26-24+. The van der Waals surface area contributed by atoms with E-state index in [1.807, 2.05) is 0 Å². The Hall–Kier alpha value is -4.13. The summed E-state index contributed by atoms with van der Waals surface area (Å²) in [6.07, 6.45) is 6.36. The molecule has 1 unspecified atom stereocenters. The number of ether oxygens (including phenoxy) is 2. The quantitative estimate of drug-likeness (QED) is 0.197. The van der Waals surface area contributed by atoms with Gasteiger partial charge < -0.3 is 14.6 Å². The number of ketones is 1. The number of nitrogens with zero attached hydrogens (tertiary/aromatic N) is 2. The number of carbonyl (C=O) groups is 2. The number of rotatable bonds is 9.